The first kappa shape index (κ1) is 22.9. The number of aliphatic imine (C=N–C) groups is 1. The Bertz CT molecular complexity index is 496. The predicted molar refractivity (Wildman–Crippen MR) is 116 cm³/mol. The standard InChI is InChI=1S/C18H31N5O2.HI/c1-3-20-18(21-9-13-25-17-5-4-8-19-15-17)22-16-6-10-23(11-7-16)12-14-24-2;/h4-5,8,15-16H,3,6-7,9-14H2,1-2H3,(H2,20,21,22);1H. The van der Waals surface area contributed by atoms with E-state index in [1.807, 2.05) is 12.1 Å². The number of halogens is 1. The molecule has 0 unspecified atom stereocenters. The highest BCUT2D eigenvalue weighted by atomic mass is 127. The second kappa shape index (κ2) is 14.0. The molecule has 0 spiro atoms. The maximum atomic E-state index is 5.63. The first-order valence-corrected chi connectivity index (χ1v) is 9.10. The van der Waals surface area contributed by atoms with Crippen LogP contribution in [0.5, 0.6) is 5.75 Å². The predicted octanol–water partition coefficient (Wildman–Crippen LogP) is 1.74. The van der Waals surface area contributed by atoms with Crippen molar-refractivity contribution in [3.05, 3.63) is 24.5 Å². The Morgan fingerprint density at radius 2 is 2.15 bits per heavy atom. The molecule has 1 aliphatic rings. The molecule has 0 aliphatic carbocycles. The van der Waals surface area contributed by atoms with E-state index in [1.165, 1.54) is 0 Å². The SMILES string of the molecule is CCNC(=NCCOc1cccnc1)NC1CCN(CCOC)CC1.I. The molecule has 1 aromatic heterocycles. The molecule has 7 nitrogen and oxygen atoms in total. The number of methoxy groups -OCH3 is 1. The van der Waals surface area contributed by atoms with E-state index in [4.69, 9.17) is 9.47 Å². The summed E-state index contributed by atoms with van der Waals surface area (Å²) in [4.78, 5) is 11.1. The second-order valence-corrected chi connectivity index (χ2v) is 6.05. The van der Waals surface area contributed by atoms with Crippen LogP contribution < -0.4 is 15.4 Å². The van der Waals surface area contributed by atoms with E-state index >= 15 is 0 Å². The van der Waals surface area contributed by atoms with Crippen molar-refractivity contribution in [3.8, 4) is 5.75 Å². The largest absolute Gasteiger partial charge is 0.490 e. The van der Waals surface area contributed by atoms with Gasteiger partial charge in [-0.2, -0.15) is 0 Å². The first-order chi connectivity index (χ1) is 12.3. The average Bonchev–Trinajstić information content (AvgIpc) is 2.65. The molecular weight excluding hydrogens is 445 g/mol. The molecule has 1 fully saturated rings. The third-order valence-electron chi connectivity index (χ3n) is 4.15. The number of aromatic nitrogens is 1. The van der Waals surface area contributed by atoms with E-state index in [0.29, 0.717) is 19.2 Å². The maximum Gasteiger partial charge on any atom is 0.191 e. The normalized spacial score (nSPS) is 16.0. The summed E-state index contributed by atoms with van der Waals surface area (Å²) in [5.41, 5.74) is 0. The summed E-state index contributed by atoms with van der Waals surface area (Å²) in [5.74, 6) is 1.65. The van der Waals surface area contributed by atoms with Crippen LogP contribution in [0.2, 0.25) is 0 Å². The molecular formula is C18H32IN5O2. The number of nitrogens with zero attached hydrogens (tertiary/aromatic N) is 3. The van der Waals surface area contributed by atoms with Crippen molar-refractivity contribution >= 4 is 29.9 Å². The molecule has 8 heteroatoms. The van der Waals surface area contributed by atoms with Crippen LogP contribution in [-0.4, -0.2) is 74.9 Å². The lowest BCUT2D eigenvalue weighted by Crippen LogP contribution is -2.49. The molecule has 0 amide bonds. The van der Waals surface area contributed by atoms with E-state index in [0.717, 1.165) is 57.3 Å². The lowest BCUT2D eigenvalue weighted by molar-refractivity contribution is 0.128. The Morgan fingerprint density at radius 1 is 1.35 bits per heavy atom. The number of hydrogen-bond donors (Lipinski definition) is 2. The van der Waals surface area contributed by atoms with Gasteiger partial charge in [-0.1, -0.05) is 0 Å². The summed E-state index contributed by atoms with van der Waals surface area (Å²) >= 11 is 0. The van der Waals surface area contributed by atoms with E-state index < -0.39 is 0 Å². The highest BCUT2D eigenvalue weighted by molar-refractivity contribution is 14.0. The minimum atomic E-state index is 0. The number of ether oxygens (including phenoxy) is 2. The molecule has 1 aliphatic heterocycles. The van der Waals surface area contributed by atoms with Gasteiger partial charge in [-0.05, 0) is 31.9 Å². The molecule has 0 atom stereocenters. The Balaban J connectivity index is 0.00000338. The number of guanidine groups is 1. The van der Waals surface area contributed by atoms with Gasteiger partial charge in [0, 0.05) is 45.5 Å². The van der Waals surface area contributed by atoms with Gasteiger partial charge in [-0.15, -0.1) is 24.0 Å². The number of piperidine rings is 1. The van der Waals surface area contributed by atoms with Crippen LogP contribution in [0.3, 0.4) is 0 Å². The van der Waals surface area contributed by atoms with E-state index in [1.54, 1.807) is 19.5 Å². The Hall–Kier alpha value is -1.13. The quantitative estimate of drug-likeness (QED) is 0.245. The number of rotatable bonds is 9. The lowest BCUT2D eigenvalue weighted by atomic mass is 10.1. The zero-order chi connectivity index (χ0) is 17.7. The van der Waals surface area contributed by atoms with Crippen molar-refractivity contribution in [3.63, 3.8) is 0 Å². The van der Waals surface area contributed by atoms with Crippen LogP contribution in [0.4, 0.5) is 0 Å². The van der Waals surface area contributed by atoms with Crippen molar-refractivity contribution < 1.29 is 9.47 Å². The summed E-state index contributed by atoms with van der Waals surface area (Å²) in [5, 5.41) is 6.86. The number of hydrogen-bond acceptors (Lipinski definition) is 5. The Morgan fingerprint density at radius 3 is 2.81 bits per heavy atom. The summed E-state index contributed by atoms with van der Waals surface area (Å²) < 4.78 is 10.8. The van der Waals surface area contributed by atoms with Gasteiger partial charge in [0.1, 0.15) is 12.4 Å². The van der Waals surface area contributed by atoms with Crippen LogP contribution in [0.1, 0.15) is 19.8 Å². The highest BCUT2D eigenvalue weighted by Gasteiger charge is 2.19. The molecule has 0 saturated carbocycles. The van der Waals surface area contributed by atoms with Crippen LogP contribution in [0.15, 0.2) is 29.5 Å². The van der Waals surface area contributed by atoms with Crippen molar-refractivity contribution in [2.24, 2.45) is 4.99 Å². The topological polar surface area (TPSA) is 71.0 Å². The molecule has 2 N–H and O–H groups in total. The van der Waals surface area contributed by atoms with E-state index in [2.05, 4.69) is 32.4 Å². The van der Waals surface area contributed by atoms with E-state index in [9.17, 15) is 0 Å². The van der Waals surface area contributed by atoms with Gasteiger partial charge in [-0.25, -0.2) is 4.99 Å². The van der Waals surface area contributed by atoms with Crippen LogP contribution in [-0.2, 0) is 4.74 Å². The van der Waals surface area contributed by atoms with Gasteiger partial charge >= 0.3 is 0 Å². The number of likely N-dealkylation sites (tertiary alicyclic amines) is 1. The monoisotopic (exact) mass is 477 g/mol. The molecule has 2 heterocycles. The second-order valence-electron chi connectivity index (χ2n) is 6.05. The van der Waals surface area contributed by atoms with Gasteiger partial charge in [0.25, 0.3) is 0 Å². The molecule has 0 aromatic carbocycles. The first-order valence-electron chi connectivity index (χ1n) is 9.10. The van der Waals surface area contributed by atoms with Crippen molar-refractivity contribution in [1.29, 1.82) is 0 Å². The summed E-state index contributed by atoms with van der Waals surface area (Å²) in [6.07, 6.45) is 5.70. The molecule has 0 radical (unpaired) electrons. The van der Waals surface area contributed by atoms with Crippen LogP contribution in [0.25, 0.3) is 0 Å². The van der Waals surface area contributed by atoms with Gasteiger partial charge in [0.15, 0.2) is 5.96 Å². The summed E-state index contributed by atoms with van der Waals surface area (Å²) in [7, 11) is 1.76. The third-order valence-corrected chi connectivity index (χ3v) is 4.15. The van der Waals surface area contributed by atoms with Crippen LogP contribution >= 0.6 is 24.0 Å². The average molecular weight is 477 g/mol. The molecule has 148 valence electrons. The summed E-state index contributed by atoms with van der Waals surface area (Å²) in [6, 6.07) is 4.23. The molecule has 0 bridgehead atoms. The van der Waals surface area contributed by atoms with Gasteiger partial charge < -0.3 is 25.0 Å². The lowest BCUT2D eigenvalue weighted by Gasteiger charge is -2.32. The van der Waals surface area contributed by atoms with Crippen molar-refractivity contribution in [2.45, 2.75) is 25.8 Å². The smallest absolute Gasteiger partial charge is 0.191 e. The van der Waals surface area contributed by atoms with Gasteiger partial charge in [0.2, 0.25) is 0 Å². The fraction of sp³-hybridized carbons (Fsp3) is 0.667. The Labute approximate surface area is 174 Å². The van der Waals surface area contributed by atoms with Crippen molar-refractivity contribution in [2.75, 3.05) is 53.0 Å². The van der Waals surface area contributed by atoms with Gasteiger partial charge in [-0.3, -0.25) is 4.98 Å². The number of pyridine rings is 1. The molecule has 2 rings (SSSR count). The van der Waals surface area contributed by atoms with E-state index in [-0.39, 0.29) is 24.0 Å². The number of nitrogens with one attached hydrogen (secondary N) is 2. The maximum absolute atomic E-state index is 5.63. The minimum Gasteiger partial charge on any atom is -0.490 e. The van der Waals surface area contributed by atoms with Crippen molar-refractivity contribution in [1.82, 2.24) is 20.5 Å². The molecule has 26 heavy (non-hydrogen) atoms. The molecule has 1 aromatic rings. The van der Waals surface area contributed by atoms with Crippen LogP contribution in [0, 0.1) is 0 Å². The fourth-order valence-electron chi connectivity index (χ4n) is 2.79. The summed E-state index contributed by atoms with van der Waals surface area (Å²) in [6.45, 7) is 8.10. The zero-order valence-corrected chi connectivity index (χ0v) is 18.1. The minimum absolute atomic E-state index is 0. The Kier molecular flexibility index (Phi) is 12.3. The zero-order valence-electron chi connectivity index (χ0n) is 15.8. The third kappa shape index (κ3) is 9.00. The van der Waals surface area contributed by atoms with Gasteiger partial charge in [0.05, 0.1) is 19.3 Å². The fourth-order valence-corrected chi connectivity index (χ4v) is 2.79. The highest BCUT2D eigenvalue weighted by Crippen LogP contribution is 2.10. The molecule has 1 saturated heterocycles.